The second-order valence-corrected chi connectivity index (χ2v) is 3.17. The van der Waals surface area contributed by atoms with E-state index in [-0.39, 0.29) is 17.8 Å². The second-order valence-electron chi connectivity index (χ2n) is 3.17. The molecule has 0 atom stereocenters. The number of aromatic nitrogens is 1. The molecule has 0 fully saturated rings. The maximum Gasteiger partial charge on any atom is 0.574 e. The van der Waals surface area contributed by atoms with Crippen molar-refractivity contribution in [2.75, 3.05) is 0 Å². The summed E-state index contributed by atoms with van der Waals surface area (Å²) in [5, 5.41) is 0. The second kappa shape index (κ2) is 4.82. The number of hydrogen-bond acceptors (Lipinski definition) is 3. The maximum atomic E-state index is 12.6. The number of halogens is 5. The predicted octanol–water partition coefficient (Wildman–Crippen LogP) is 2.68. The number of rotatable bonds is 3. The van der Waals surface area contributed by atoms with Crippen LogP contribution in [0.1, 0.15) is 23.2 Å². The third-order valence-electron chi connectivity index (χ3n) is 2.00. The van der Waals surface area contributed by atoms with E-state index >= 15 is 0 Å². The van der Waals surface area contributed by atoms with Crippen LogP contribution >= 0.6 is 0 Å². The Morgan fingerprint density at radius 3 is 2.41 bits per heavy atom. The third-order valence-corrected chi connectivity index (χ3v) is 2.00. The zero-order chi connectivity index (χ0) is 13.2. The van der Waals surface area contributed by atoms with E-state index in [0.717, 1.165) is 0 Å². The Kier molecular flexibility index (Phi) is 3.87. The lowest BCUT2D eigenvalue weighted by Crippen LogP contribution is -2.19. The van der Waals surface area contributed by atoms with Gasteiger partial charge in [0.05, 0.1) is 0 Å². The zero-order valence-corrected chi connectivity index (χ0v) is 8.68. The Labute approximate surface area is 93.4 Å². The van der Waals surface area contributed by atoms with Crippen molar-refractivity contribution in [1.82, 2.24) is 4.98 Å². The van der Waals surface area contributed by atoms with Crippen LogP contribution in [0.15, 0.2) is 6.07 Å². The van der Waals surface area contributed by atoms with Crippen molar-refractivity contribution in [3.05, 3.63) is 22.9 Å². The van der Waals surface area contributed by atoms with Crippen LogP contribution < -0.4 is 10.5 Å². The Morgan fingerprint density at radius 2 is 2.00 bits per heavy atom. The van der Waals surface area contributed by atoms with Crippen LogP contribution in [0.2, 0.25) is 0 Å². The highest BCUT2D eigenvalue weighted by Crippen LogP contribution is 2.30. The van der Waals surface area contributed by atoms with Gasteiger partial charge in [0.2, 0.25) is 5.88 Å². The molecule has 2 N–H and O–H groups in total. The van der Waals surface area contributed by atoms with Crippen molar-refractivity contribution in [1.29, 1.82) is 0 Å². The highest BCUT2D eigenvalue weighted by atomic mass is 19.4. The summed E-state index contributed by atoms with van der Waals surface area (Å²) < 4.78 is 64.4. The highest BCUT2D eigenvalue weighted by Gasteiger charge is 2.32. The fraction of sp³-hybridized carbons (Fsp3) is 0.444. The molecular weight excluding hydrogens is 247 g/mol. The van der Waals surface area contributed by atoms with Crippen LogP contribution in [0.4, 0.5) is 22.0 Å². The molecule has 0 amide bonds. The lowest BCUT2D eigenvalue weighted by molar-refractivity contribution is -0.276. The molecule has 1 aromatic heterocycles. The molecule has 17 heavy (non-hydrogen) atoms. The van der Waals surface area contributed by atoms with E-state index in [2.05, 4.69) is 9.72 Å². The number of alkyl halides is 5. The topological polar surface area (TPSA) is 48.1 Å². The first-order valence-electron chi connectivity index (χ1n) is 4.49. The highest BCUT2D eigenvalue weighted by molar-refractivity contribution is 5.35. The monoisotopic (exact) mass is 256 g/mol. The summed E-state index contributed by atoms with van der Waals surface area (Å²) >= 11 is 0. The van der Waals surface area contributed by atoms with Gasteiger partial charge in [0.25, 0.3) is 6.43 Å². The summed E-state index contributed by atoms with van der Waals surface area (Å²) in [6, 6.07) is 0.549. The van der Waals surface area contributed by atoms with E-state index in [0.29, 0.717) is 6.07 Å². The van der Waals surface area contributed by atoms with Crippen molar-refractivity contribution in [2.24, 2.45) is 5.73 Å². The quantitative estimate of drug-likeness (QED) is 0.846. The maximum absolute atomic E-state index is 12.6. The SMILES string of the molecule is Cc1nc(OC(F)(F)F)cc(C(F)F)c1CN. The van der Waals surface area contributed by atoms with Gasteiger partial charge in [0.1, 0.15) is 0 Å². The number of hydrogen-bond donors (Lipinski definition) is 1. The van der Waals surface area contributed by atoms with Crippen molar-refractivity contribution in [3.8, 4) is 5.88 Å². The molecule has 96 valence electrons. The first-order chi connectivity index (χ1) is 7.74. The van der Waals surface area contributed by atoms with Crippen LogP contribution in [0.3, 0.4) is 0 Å². The van der Waals surface area contributed by atoms with E-state index in [4.69, 9.17) is 5.73 Å². The van der Waals surface area contributed by atoms with Crippen LogP contribution in [-0.2, 0) is 6.54 Å². The first kappa shape index (κ1) is 13.6. The van der Waals surface area contributed by atoms with Gasteiger partial charge in [-0.1, -0.05) is 0 Å². The van der Waals surface area contributed by atoms with Gasteiger partial charge in [-0.25, -0.2) is 13.8 Å². The van der Waals surface area contributed by atoms with E-state index in [1.165, 1.54) is 6.92 Å². The van der Waals surface area contributed by atoms with Gasteiger partial charge in [-0.3, -0.25) is 0 Å². The summed E-state index contributed by atoms with van der Waals surface area (Å²) in [5.74, 6) is -0.914. The number of ether oxygens (including phenoxy) is 1. The van der Waals surface area contributed by atoms with Crippen LogP contribution in [0, 0.1) is 6.92 Å². The van der Waals surface area contributed by atoms with Crippen molar-refractivity contribution >= 4 is 0 Å². The van der Waals surface area contributed by atoms with Gasteiger partial charge in [-0.05, 0) is 12.5 Å². The molecule has 0 radical (unpaired) electrons. The molecule has 0 saturated carbocycles. The molecule has 0 spiro atoms. The van der Waals surface area contributed by atoms with E-state index in [9.17, 15) is 22.0 Å². The Balaban J connectivity index is 3.20. The number of nitrogens with two attached hydrogens (primary N) is 1. The summed E-state index contributed by atoms with van der Waals surface area (Å²) in [6.07, 6.45) is -7.91. The van der Waals surface area contributed by atoms with Crippen molar-refractivity contribution in [3.63, 3.8) is 0 Å². The van der Waals surface area contributed by atoms with Gasteiger partial charge < -0.3 is 10.5 Å². The Bertz CT molecular complexity index is 405. The first-order valence-corrected chi connectivity index (χ1v) is 4.49. The largest absolute Gasteiger partial charge is 0.574 e. The summed E-state index contributed by atoms with van der Waals surface area (Å²) in [6.45, 7) is 1.06. The average molecular weight is 256 g/mol. The molecule has 1 rings (SSSR count). The van der Waals surface area contributed by atoms with Crippen molar-refractivity contribution < 1.29 is 26.7 Å². The third kappa shape index (κ3) is 3.52. The number of nitrogens with zero attached hydrogens (tertiary/aromatic N) is 1. The minimum Gasteiger partial charge on any atom is -0.388 e. The molecule has 3 nitrogen and oxygen atoms in total. The molecule has 1 heterocycles. The zero-order valence-electron chi connectivity index (χ0n) is 8.68. The van der Waals surface area contributed by atoms with E-state index in [1.807, 2.05) is 0 Å². The molecule has 0 aliphatic rings. The fourth-order valence-electron chi connectivity index (χ4n) is 1.33. The van der Waals surface area contributed by atoms with E-state index in [1.54, 1.807) is 0 Å². The molecule has 0 aromatic carbocycles. The minimum atomic E-state index is -4.97. The minimum absolute atomic E-state index is 0.00968. The molecular formula is C9H9F5N2O. The Morgan fingerprint density at radius 1 is 1.41 bits per heavy atom. The molecule has 0 unspecified atom stereocenters. The number of aryl methyl sites for hydroxylation is 1. The van der Waals surface area contributed by atoms with Crippen LogP contribution in [0.25, 0.3) is 0 Å². The van der Waals surface area contributed by atoms with Crippen LogP contribution in [0.5, 0.6) is 5.88 Å². The molecule has 0 aliphatic carbocycles. The number of pyridine rings is 1. The predicted molar refractivity (Wildman–Crippen MR) is 48.5 cm³/mol. The van der Waals surface area contributed by atoms with Crippen LogP contribution in [-0.4, -0.2) is 11.3 Å². The standard InChI is InChI=1S/C9H9F5N2O/c1-4-6(3-15)5(8(10)11)2-7(16-4)17-9(12,13)14/h2,8H,3,15H2,1H3. The molecule has 0 aliphatic heterocycles. The van der Waals surface area contributed by atoms with Gasteiger partial charge in [0, 0.05) is 23.9 Å². The lowest BCUT2D eigenvalue weighted by Gasteiger charge is -2.13. The van der Waals surface area contributed by atoms with Gasteiger partial charge in [-0.2, -0.15) is 0 Å². The molecule has 0 bridgehead atoms. The summed E-state index contributed by atoms with van der Waals surface area (Å²) in [5.41, 5.74) is 4.65. The average Bonchev–Trinajstić information content (AvgIpc) is 2.13. The fourth-order valence-corrected chi connectivity index (χ4v) is 1.33. The lowest BCUT2D eigenvalue weighted by atomic mass is 10.1. The smallest absolute Gasteiger partial charge is 0.388 e. The molecule has 0 saturated heterocycles. The van der Waals surface area contributed by atoms with Gasteiger partial charge in [0.15, 0.2) is 0 Å². The summed E-state index contributed by atoms with van der Waals surface area (Å²) in [4.78, 5) is 3.42. The van der Waals surface area contributed by atoms with Crippen molar-refractivity contribution in [2.45, 2.75) is 26.3 Å². The Hall–Kier alpha value is -1.44. The van der Waals surface area contributed by atoms with Gasteiger partial charge in [-0.15, -0.1) is 13.2 Å². The normalized spacial score (nSPS) is 12.0. The van der Waals surface area contributed by atoms with Gasteiger partial charge >= 0.3 is 6.36 Å². The van der Waals surface area contributed by atoms with E-state index < -0.39 is 24.2 Å². The molecule has 8 heteroatoms. The summed E-state index contributed by atoms with van der Waals surface area (Å²) in [7, 11) is 0. The molecule has 1 aromatic rings.